The number of methoxy groups -OCH3 is 1. The number of esters is 1. The summed E-state index contributed by atoms with van der Waals surface area (Å²) in [7, 11) is 2.83. The maximum Gasteiger partial charge on any atom is 0.328 e. The van der Waals surface area contributed by atoms with Crippen LogP contribution in [-0.2, 0) is 14.3 Å². The summed E-state index contributed by atoms with van der Waals surface area (Å²) in [6.07, 6.45) is -0.597. The zero-order valence-electron chi connectivity index (χ0n) is 15.5. The Labute approximate surface area is 156 Å². The van der Waals surface area contributed by atoms with Crippen molar-refractivity contribution in [2.45, 2.75) is 19.1 Å². The molecule has 0 saturated carbocycles. The number of benzene rings is 1. The summed E-state index contributed by atoms with van der Waals surface area (Å²) in [5, 5.41) is 0. The van der Waals surface area contributed by atoms with Gasteiger partial charge in [-0.05, 0) is 18.6 Å². The lowest BCUT2D eigenvalue weighted by atomic mass is 10.1. The van der Waals surface area contributed by atoms with E-state index in [0.717, 1.165) is 16.2 Å². The molecule has 0 radical (unpaired) electrons. The molecule has 9 heteroatoms. The van der Waals surface area contributed by atoms with Crippen LogP contribution in [-0.4, -0.2) is 84.6 Å². The Hall–Kier alpha value is -3.10. The first-order valence-electron chi connectivity index (χ1n) is 8.76. The molecule has 0 bridgehead atoms. The third-order valence-corrected chi connectivity index (χ3v) is 5.30. The number of hydrogen-bond donors (Lipinski definition) is 0. The number of fused-ring (bicyclic) bond motifs is 3. The number of para-hydroxylation sites is 1. The average Bonchev–Trinajstić information content (AvgIpc) is 3.23. The number of carbonyl (C=O) groups excluding carboxylic acids is 3. The Balaban J connectivity index is 1.66. The minimum atomic E-state index is -0.634. The molecule has 0 aromatic heterocycles. The van der Waals surface area contributed by atoms with Gasteiger partial charge < -0.3 is 19.4 Å². The number of aryl methyl sites for hydroxylation is 1. The van der Waals surface area contributed by atoms with Crippen molar-refractivity contribution in [3.05, 3.63) is 29.8 Å². The van der Waals surface area contributed by atoms with Crippen LogP contribution in [0.25, 0.3) is 0 Å². The Morgan fingerprint density at radius 3 is 2.70 bits per heavy atom. The predicted molar refractivity (Wildman–Crippen MR) is 97.1 cm³/mol. The van der Waals surface area contributed by atoms with Gasteiger partial charge in [0.2, 0.25) is 5.96 Å². The molecule has 4 rings (SSSR count). The smallest absolute Gasteiger partial charge is 0.328 e. The van der Waals surface area contributed by atoms with Crippen LogP contribution < -0.4 is 4.90 Å². The zero-order chi connectivity index (χ0) is 19.3. The number of nitrogens with zero attached hydrogens (tertiary/aromatic N) is 5. The Morgan fingerprint density at radius 2 is 2.00 bits per heavy atom. The molecular formula is C18H21N5O4. The molecule has 142 valence electrons. The average molecular weight is 371 g/mol. The highest BCUT2D eigenvalue weighted by Crippen LogP contribution is 2.34. The van der Waals surface area contributed by atoms with E-state index in [1.165, 1.54) is 12.0 Å². The van der Waals surface area contributed by atoms with Gasteiger partial charge in [-0.2, -0.15) is 0 Å². The highest BCUT2D eigenvalue weighted by atomic mass is 16.5. The number of likely N-dealkylation sites (N-methyl/N-ethyl adjacent to an activating group) is 1. The van der Waals surface area contributed by atoms with Crippen LogP contribution in [0.3, 0.4) is 0 Å². The Kier molecular flexibility index (Phi) is 4.01. The summed E-state index contributed by atoms with van der Waals surface area (Å²) in [6, 6.07) is 6.82. The Morgan fingerprint density at radius 1 is 1.26 bits per heavy atom. The maximum absolute atomic E-state index is 13.0. The number of aliphatic imine (C=N–C) groups is 1. The van der Waals surface area contributed by atoms with E-state index >= 15 is 0 Å². The van der Waals surface area contributed by atoms with Crippen LogP contribution in [0.2, 0.25) is 0 Å². The molecule has 0 N–H and O–H groups in total. The van der Waals surface area contributed by atoms with Gasteiger partial charge in [-0.25, -0.2) is 9.79 Å². The molecule has 9 nitrogen and oxygen atoms in total. The minimum Gasteiger partial charge on any atom is -0.468 e. The number of amides is 3. The van der Waals surface area contributed by atoms with E-state index in [9.17, 15) is 14.4 Å². The van der Waals surface area contributed by atoms with Gasteiger partial charge in [0.1, 0.15) is 6.54 Å². The fourth-order valence-electron chi connectivity index (χ4n) is 3.87. The Bertz CT molecular complexity index is 854. The van der Waals surface area contributed by atoms with Crippen molar-refractivity contribution in [3.63, 3.8) is 0 Å². The number of guanidine groups is 1. The van der Waals surface area contributed by atoms with Gasteiger partial charge in [0.25, 0.3) is 5.91 Å². The monoisotopic (exact) mass is 371 g/mol. The zero-order valence-corrected chi connectivity index (χ0v) is 15.5. The van der Waals surface area contributed by atoms with E-state index in [1.54, 1.807) is 7.05 Å². The third kappa shape index (κ3) is 2.53. The summed E-state index contributed by atoms with van der Waals surface area (Å²) in [5.41, 5.74) is 2.14. The number of imide groups is 1. The summed E-state index contributed by atoms with van der Waals surface area (Å²) < 4.78 is 4.62. The summed E-state index contributed by atoms with van der Waals surface area (Å²) in [4.78, 5) is 48.3. The van der Waals surface area contributed by atoms with E-state index in [0.29, 0.717) is 19.0 Å². The van der Waals surface area contributed by atoms with Gasteiger partial charge >= 0.3 is 12.0 Å². The SMILES string of the molecule is COC(=O)CN1C(=O)C2C(N=C3N(c4ccccc4C)CCN32)N(C)C1=O. The number of anilines is 1. The predicted octanol–water partition coefficient (Wildman–Crippen LogP) is 0.248. The molecule has 3 aliphatic heterocycles. The molecule has 0 spiro atoms. The number of rotatable bonds is 3. The first kappa shape index (κ1) is 17.3. The van der Waals surface area contributed by atoms with Crippen molar-refractivity contribution in [3.8, 4) is 0 Å². The molecule has 2 fully saturated rings. The molecule has 2 unspecified atom stereocenters. The van der Waals surface area contributed by atoms with Crippen LogP contribution in [0.15, 0.2) is 29.3 Å². The number of hydrogen-bond acceptors (Lipinski definition) is 7. The van der Waals surface area contributed by atoms with Crippen molar-refractivity contribution in [2.75, 3.05) is 38.7 Å². The van der Waals surface area contributed by atoms with E-state index in [2.05, 4.69) is 9.64 Å². The van der Waals surface area contributed by atoms with E-state index in [4.69, 9.17) is 4.99 Å². The van der Waals surface area contributed by atoms with Crippen molar-refractivity contribution in [1.82, 2.24) is 14.7 Å². The highest BCUT2D eigenvalue weighted by Gasteiger charge is 2.55. The van der Waals surface area contributed by atoms with Crippen LogP contribution in [0.1, 0.15) is 5.56 Å². The molecule has 1 aromatic rings. The minimum absolute atomic E-state index is 0.396. The van der Waals surface area contributed by atoms with Gasteiger partial charge in [0.15, 0.2) is 12.2 Å². The number of carbonyl (C=O) groups is 3. The normalized spacial score (nSPS) is 24.2. The molecule has 3 amide bonds. The molecule has 3 heterocycles. The second-order valence-corrected chi connectivity index (χ2v) is 6.81. The van der Waals surface area contributed by atoms with Crippen molar-refractivity contribution < 1.29 is 19.1 Å². The molecule has 1 aromatic carbocycles. The maximum atomic E-state index is 13.0. The van der Waals surface area contributed by atoms with Crippen molar-refractivity contribution in [1.29, 1.82) is 0 Å². The topological polar surface area (TPSA) is 85.8 Å². The van der Waals surface area contributed by atoms with E-state index < -0.39 is 36.7 Å². The van der Waals surface area contributed by atoms with Gasteiger partial charge in [0, 0.05) is 25.8 Å². The van der Waals surface area contributed by atoms with Crippen LogP contribution in [0.5, 0.6) is 0 Å². The fraction of sp³-hybridized carbons (Fsp3) is 0.444. The van der Waals surface area contributed by atoms with Gasteiger partial charge in [-0.15, -0.1) is 0 Å². The van der Waals surface area contributed by atoms with Gasteiger partial charge in [-0.3, -0.25) is 14.5 Å². The summed E-state index contributed by atoms with van der Waals surface area (Å²) in [6.45, 7) is 2.95. The third-order valence-electron chi connectivity index (χ3n) is 5.30. The molecular weight excluding hydrogens is 350 g/mol. The second-order valence-electron chi connectivity index (χ2n) is 6.81. The fourth-order valence-corrected chi connectivity index (χ4v) is 3.87. The number of ether oxygens (including phenoxy) is 1. The van der Waals surface area contributed by atoms with Crippen LogP contribution in [0.4, 0.5) is 10.5 Å². The van der Waals surface area contributed by atoms with Crippen LogP contribution >= 0.6 is 0 Å². The summed E-state index contributed by atoms with van der Waals surface area (Å²) >= 11 is 0. The molecule has 3 aliphatic rings. The lowest BCUT2D eigenvalue weighted by Gasteiger charge is -2.40. The van der Waals surface area contributed by atoms with Crippen molar-refractivity contribution >= 4 is 29.6 Å². The van der Waals surface area contributed by atoms with Gasteiger partial charge in [-0.1, -0.05) is 18.2 Å². The number of urea groups is 1. The quantitative estimate of drug-likeness (QED) is 0.708. The highest BCUT2D eigenvalue weighted by molar-refractivity contribution is 6.09. The largest absolute Gasteiger partial charge is 0.468 e. The van der Waals surface area contributed by atoms with E-state index in [-0.39, 0.29) is 0 Å². The lowest BCUT2D eigenvalue weighted by Crippen LogP contribution is -2.65. The lowest BCUT2D eigenvalue weighted by molar-refractivity contribution is -0.148. The second kappa shape index (κ2) is 6.26. The van der Waals surface area contributed by atoms with Gasteiger partial charge in [0.05, 0.1) is 7.11 Å². The van der Waals surface area contributed by atoms with E-state index in [1.807, 2.05) is 36.1 Å². The molecule has 27 heavy (non-hydrogen) atoms. The van der Waals surface area contributed by atoms with Crippen molar-refractivity contribution in [2.24, 2.45) is 4.99 Å². The molecule has 2 saturated heterocycles. The standard InChI is InChI=1S/C18H21N5O4/c1-11-6-4-5-7-12(11)21-8-9-22-14-15(19-17(21)22)20(2)18(26)23(16(14)25)10-13(24)27-3/h4-7,14-15H,8-10H2,1-3H3. The summed E-state index contributed by atoms with van der Waals surface area (Å²) in [5.74, 6) is -0.364. The first-order chi connectivity index (χ1) is 12.9. The van der Waals surface area contributed by atoms with Crippen LogP contribution in [0, 0.1) is 6.92 Å². The first-order valence-corrected chi connectivity index (χ1v) is 8.76. The molecule has 0 aliphatic carbocycles. The molecule has 2 atom stereocenters.